The van der Waals surface area contributed by atoms with Crippen LogP contribution in [0.25, 0.3) is 55.1 Å². The second-order valence-corrected chi connectivity index (χ2v) is 19.3. The van der Waals surface area contributed by atoms with E-state index in [1.165, 1.54) is 36.4 Å². The molecule has 82 heavy (non-hydrogen) atoms. The summed E-state index contributed by atoms with van der Waals surface area (Å²) in [6, 6.07) is 33.6. The third-order valence-electron chi connectivity index (χ3n) is 13.9. The molecule has 414 valence electrons. The molecule has 4 aromatic carbocycles. The average Bonchev–Trinajstić information content (AvgIpc) is 4.13. The molecule has 10 aromatic rings. The van der Waals surface area contributed by atoms with Gasteiger partial charge in [-0.2, -0.15) is 0 Å². The maximum Gasteiger partial charge on any atom is 0.329 e. The lowest BCUT2D eigenvalue weighted by Crippen LogP contribution is -2.37. The number of benzene rings is 4. The van der Waals surface area contributed by atoms with Gasteiger partial charge >= 0.3 is 23.3 Å². The lowest BCUT2D eigenvalue weighted by molar-refractivity contribution is -0.138. The van der Waals surface area contributed by atoms with Crippen LogP contribution in [-0.4, -0.2) is 99.7 Å². The van der Waals surface area contributed by atoms with Crippen molar-refractivity contribution in [1.29, 1.82) is 0 Å². The first kappa shape index (κ1) is 54.5. The molecule has 0 aliphatic carbocycles. The number of hydrogen-bond acceptors (Lipinski definition) is 12. The van der Waals surface area contributed by atoms with Crippen molar-refractivity contribution >= 4 is 68.2 Å². The molecule has 0 bridgehead atoms. The molecule has 22 heteroatoms. The molecule has 0 fully saturated rings. The number of nitrogens with one attached hydrogen (secondary N) is 4. The Balaban J connectivity index is 0.709. The van der Waals surface area contributed by atoms with Crippen molar-refractivity contribution in [2.24, 2.45) is 0 Å². The highest BCUT2D eigenvalue weighted by Gasteiger charge is 2.26. The Hall–Kier alpha value is -10.9. The van der Waals surface area contributed by atoms with E-state index in [9.17, 15) is 47.9 Å². The summed E-state index contributed by atoms with van der Waals surface area (Å²) in [4.78, 5) is 133. The maximum atomic E-state index is 14.2. The van der Waals surface area contributed by atoms with Crippen molar-refractivity contribution in [3.8, 4) is 33.8 Å². The quantitative estimate of drug-likeness (QED) is 0.0396. The van der Waals surface area contributed by atoms with Gasteiger partial charge in [-0.25, -0.2) is 18.7 Å². The summed E-state index contributed by atoms with van der Waals surface area (Å²) in [5, 5.41) is 24.1. The Kier molecular flexibility index (Phi) is 15.2. The smallest absolute Gasteiger partial charge is 0.329 e. The molecular formula is C60H50N8O14. The molecule has 2 amide bonds. The first-order chi connectivity index (χ1) is 39.5. The van der Waals surface area contributed by atoms with Crippen molar-refractivity contribution in [3.05, 3.63) is 209 Å². The number of H-pyrrole nitrogens is 2. The van der Waals surface area contributed by atoms with E-state index in [-0.39, 0.29) is 58.0 Å². The van der Waals surface area contributed by atoms with Gasteiger partial charge in [-0.15, -0.1) is 0 Å². The number of carbonyl (C=O) groups is 6. The molecule has 0 aliphatic rings. The molecule has 10 rings (SSSR count). The first-order valence-corrected chi connectivity index (χ1v) is 25.7. The topological polar surface area (TPSA) is 304 Å². The van der Waals surface area contributed by atoms with Crippen molar-refractivity contribution in [2.75, 3.05) is 26.3 Å². The largest absolute Gasteiger partial charge is 0.484 e. The Bertz CT molecular complexity index is 4250. The van der Waals surface area contributed by atoms with Gasteiger partial charge in [-0.1, -0.05) is 48.5 Å². The number of aliphatic carboxylic acids is 2. The lowest BCUT2D eigenvalue weighted by atomic mass is 9.98. The SMILES string of the molecule is Cc1c(-c2cccc(OCC(=O)NCCCCNC(=O)COc3cccc(-c4c(C)c(C(=O)c5ccc6c(=O)n(CC(=O)O)c(=O)[nH]c6c5)n5ccccc45)c3)c2)c2ccccn2c1C(=O)c1ccc2c(=O)n(CC(=O)O)c(=O)[nH]c2c1. The minimum atomic E-state index is -1.36. The molecule has 6 aromatic heterocycles. The van der Waals surface area contributed by atoms with Gasteiger partial charge in [0.15, 0.2) is 13.2 Å². The van der Waals surface area contributed by atoms with Crippen LogP contribution in [0.4, 0.5) is 0 Å². The minimum absolute atomic E-state index is 0.0475. The molecule has 0 unspecified atom stereocenters. The second-order valence-electron chi connectivity index (χ2n) is 19.3. The van der Waals surface area contributed by atoms with Gasteiger partial charge < -0.3 is 49.1 Å². The van der Waals surface area contributed by atoms with E-state index in [0.717, 1.165) is 11.1 Å². The first-order valence-electron chi connectivity index (χ1n) is 25.7. The number of aromatic nitrogens is 6. The van der Waals surface area contributed by atoms with Crippen molar-refractivity contribution in [3.63, 3.8) is 0 Å². The van der Waals surface area contributed by atoms with E-state index >= 15 is 0 Å². The number of aromatic amines is 2. The van der Waals surface area contributed by atoms with Gasteiger partial charge in [0, 0.05) is 47.7 Å². The van der Waals surface area contributed by atoms with E-state index in [1.807, 2.05) is 50.2 Å². The molecule has 0 saturated carbocycles. The third kappa shape index (κ3) is 10.8. The van der Waals surface area contributed by atoms with E-state index in [1.54, 1.807) is 69.7 Å². The predicted molar refractivity (Wildman–Crippen MR) is 301 cm³/mol. The van der Waals surface area contributed by atoms with Crippen LogP contribution in [0.3, 0.4) is 0 Å². The molecule has 0 spiro atoms. The molecule has 6 N–H and O–H groups in total. The fourth-order valence-corrected chi connectivity index (χ4v) is 10.2. The summed E-state index contributed by atoms with van der Waals surface area (Å²) in [5.41, 5.74) is 3.41. The number of pyridine rings is 2. The number of ether oxygens (including phenoxy) is 2. The van der Waals surface area contributed by atoms with Crippen LogP contribution in [0, 0.1) is 13.8 Å². The van der Waals surface area contributed by atoms with Crippen molar-refractivity contribution in [2.45, 2.75) is 39.8 Å². The summed E-state index contributed by atoms with van der Waals surface area (Å²) < 4.78 is 16.4. The molecule has 0 atom stereocenters. The number of rotatable bonds is 21. The van der Waals surface area contributed by atoms with E-state index in [0.29, 0.717) is 91.2 Å². The zero-order valence-corrected chi connectivity index (χ0v) is 43.9. The standard InChI is InChI=1S/C60H50N8O14/c1-33-51(45-15-3-7-23-65(45)53(33)55(75)37-17-19-41-43(27-37)63-59(79)67(57(41)77)29-49(71)72)35-11-9-13-39(25-35)81-31-47(69)61-21-5-6-22-62-48(70)32-82-40-14-10-12-36(26-40)52-34(2)54(66-24-8-4-16-46(52)66)56(76)38-18-20-42-44(28-38)64-60(80)68(58(42)78)30-50(73)74/h3-4,7-20,23-28H,5-6,21-22,29-32H2,1-2H3,(H,61,69)(H,62,70)(H,63,79)(H,64,80)(H,71,72)(H,73,74). The van der Waals surface area contributed by atoms with Gasteiger partial charge in [-0.3, -0.25) is 38.4 Å². The molecule has 0 aliphatic heterocycles. The van der Waals surface area contributed by atoms with Crippen LogP contribution in [-0.2, 0) is 32.3 Å². The highest BCUT2D eigenvalue weighted by Crippen LogP contribution is 2.37. The number of nitrogens with zero attached hydrogens (tertiary/aromatic N) is 4. The highest BCUT2D eigenvalue weighted by atomic mass is 16.5. The molecule has 22 nitrogen and oxygen atoms in total. The highest BCUT2D eigenvalue weighted by molar-refractivity contribution is 6.14. The summed E-state index contributed by atoms with van der Waals surface area (Å²) >= 11 is 0. The Labute approximate surface area is 462 Å². The van der Waals surface area contributed by atoms with Gasteiger partial charge in [0.25, 0.3) is 22.9 Å². The molecule has 6 heterocycles. The van der Waals surface area contributed by atoms with Crippen LogP contribution in [0.15, 0.2) is 153 Å². The fraction of sp³-hybridized carbons (Fsp3) is 0.167. The van der Waals surface area contributed by atoms with E-state index in [4.69, 9.17) is 19.7 Å². The van der Waals surface area contributed by atoms with Gasteiger partial charge in [-0.05, 0) is 122 Å². The van der Waals surface area contributed by atoms with Crippen LogP contribution in [0.5, 0.6) is 11.5 Å². The Morgan fingerprint density at radius 3 is 1.33 bits per heavy atom. The van der Waals surface area contributed by atoms with Gasteiger partial charge in [0.05, 0.1) is 44.2 Å². The predicted octanol–water partition coefficient (Wildman–Crippen LogP) is 5.25. The number of hydrogen-bond donors (Lipinski definition) is 6. The van der Waals surface area contributed by atoms with Gasteiger partial charge in [0.2, 0.25) is 11.6 Å². The summed E-state index contributed by atoms with van der Waals surface area (Å²) in [6.45, 7) is 2.09. The van der Waals surface area contributed by atoms with Crippen molar-refractivity contribution in [1.82, 2.24) is 38.5 Å². The zero-order chi connectivity index (χ0) is 57.9. The number of fused-ring (bicyclic) bond motifs is 4. The summed E-state index contributed by atoms with van der Waals surface area (Å²) in [6.07, 6.45) is 4.62. The maximum absolute atomic E-state index is 14.2. The number of ketones is 2. The van der Waals surface area contributed by atoms with Crippen LogP contribution in [0.1, 0.15) is 56.1 Å². The Morgan fingerprint density at radius 1 is 0.512 bits per heavy atom. The van der Waals surface area contributed by atoms with Crippen LogP contribution in [0.2, 0.25) is 0 Å². The lowest BCUT2D eigenvalue weighted by Gasteiger charge is -2.10. The molecule has 0 radical (unpaired) electrons. The number of carboxylic acid groups (broad SMARTS) is 2. The Morgan fingerprint density at radius 2 is 0.927 bits per heavy atom. The number of unbranched alkanes of at least 4 members (excludes halogenated alkanes) is 1. The zero-order valence-electron chi connectivity index (χ0n) is 43.9. The van der Waals surface area contributed by atoms with Crippen LogP contribution < -0.4 is 42.6 Å². The number of carboxylic acids is 2. The van der Waals surface area contributed by atoms with E-state index < -0.39 is 59.1 Å². The fourth-order valence-electron chi connectivity index (χ4n) is 10.2. The number of amides is 2. The minimum Gasteiger partial charge on any atom is -0.484 e. The van der Waals surface area contributed by atoms with Crippen LogP contribution >= 0.6 is 0 Å². The number of carbonyl (C=O) groups excluding carboxylic acids is 4. The van der Waals surface area contributed by atoms with E-state index in [2.05, 4.69) is 20.6 Å². The normalized spacial score (nSPS) is 11.3. The molecule has 0 saturated heterocycles. The second kappa shape index (κ2) is 22.8. The van der Waals surface area contributed by atoms with Crippen molar-refractivity contribution < 1.29 is 48.5 Å². The summed E-state index contributed by atoms with van der Waals surface area (Å²) in [7, 11) is 0. The third-order valence-corrected chi connectivity index (χ3v) is 13.9. The average molecular weight is 1110 g/mol. The monoisotopic (exact) mass is 1110 g/mol. The van der Waals surface area contributed by atoms with Gasteiger partial charge in [0.1, 0.15) is 24.6 Å². The molecular weight excluding hydrogens is 1060 g/mol. The summed E-state index contributed by atoms with van der Waals surface area (Å²) in [5.74, 6) is -3.39.